The highest BCUT2D eigenvalue weighted by Crippen LogP contribution is 2.22. The van der Waals surface area contributed by atoms with E-state index in [0.717, 1.165) is 37.0 Å². The summed E-state index contributed by atoms with van der Waals surface area (Å²) in [5.41, 5.74) is 1.92. The number of hydrogen-bond donors (Lipinski definition) is 0. The molecule has 3 rings (SSSR count). The number of amides is 2. The zero-order valence-corrected chi connectivity index (χ0v) is 16.2. The lowest BCUT2D eigenvalue weighted by Crippen LogP contribution is -2.51. The van der Waals surface area contributed by atoms with Crippen molar-refractivity contribution in [2.45, 2.75) is 34.1 Å². The van der Waals surface area contributed by atoms with Crippen LogP contribution < -0.4 is 4.90 Å². The Morgan fingerprint density at radius 1 is 1.15 bits per heavy atom. The Kier molecular flexibility index (Phi) is 5.44. The van der Waals surface area contributed by atoms with Gasteiger partial charge in [-0.05, 0) is 25.8 Å². The van der Waals surface area contributed by atoms with Gasteiger partial charge in [-0.3, -0.25) is 9.59 Å². The molecule has 0 N–H and O–H groups in total. The van der Waals surface area contributed by atoms with Gasteiger partial charge in [0.1, 0.15) is 0 Å². The van der Waals surface area contributed by atoms with Crippen LogP contribution in [-0.4, -0.2) is 70.9 Å². The minimum Gasteiger partial charge on any atom is -0.342 e. The molecular weight excluding hydrogens is 330 g/mol. The van der Waals surface area contributed by atoms with Crippen molar-refractivity contribution in [2.24, 2.45) is 11.8 Å². The van der Waals surface area contributed by atoms with E-state index in [9.17, 15) is 9.59 Å². The van der Waals surface area contributed by atoms with Crippen molar-refractivity contribution >= 4 is 17.8 Å². The molecule has 1 aromatic heterocycles. The van der Waals surface area contributed by atoms with E-state index < -0.39 is 0 Å². The highest BCUT2D eigenvalue weighted by Gasteiger charge is 2.37. The molecule has 2 aliphatic heterocycles. The van der Waals surface area contributed by atoms with Gasteiger partial charge in [-0.1, -0.05) is 13.8 Å². The molecule has 0 aliphatic carbocycles. The second-order valence-electron chi connectivity index (χ2n) is 7.86. The number of anilines is 1. The number of aromatic nitrogens is 2. The monoisotopic (exact) mass is 359 g/mol. The molecule has 26 heavy (non-hydrogen) atoms. The van der Waals surface area contributed by atoms with Crippen LogP contribution in [0.3, 0.4) is 0 Å². The number of likely N-dealkylation sites (tertiary alicyclic amines) is 1. The van der Waals surface area contributed by atoms with Gasteiger partial charge < -0.3 is 14.7 Å². The van der Waals surface area contributed by atoms with Crippen molar-refractivity contribution in [3.8, 4) is 0 Å². The second kappa shape index (κ2) is 7.60. The predicted octanol–water partition coefficient (Wildman–Crippen LogP) is 1.25. The lowest BCUT2D eigenvalue weighted by atomic mass is 10.1. The van der Waals surface area contributed by atoms with Crippen molar-refractivity contribution in [2.75, 3.05) is 44.2 Å². The fourth-order valence-electron chi connectivity index (χ4n) is 3.79. The van der Waals surface area contributed by atoms with Crippen LogP contribution in [0.1, 0.15) is 31.7 Å². The van der Waals surface area contributed by atoms with Gasteiger partial charge in [0.2, 0.25) is 17.8 Å². The van der Waals surface area contributed by atoms with E-state index in [1.807, 2.05) is 29.7 Å². The maximum atomic E-state index is 12.8. The molecule has 0 saturated carbocycles. The van der Waals surface area contributed by atoms with Crippen LogP contribution in [0.2, 0.25) is 0 Å². The minimum atomic E-state index is -0.190. The van der Waals surface area contributed by atoms with E-state index >= 15 is 0 Å². The summed E-state index contributed by atoms with van der Waals surface area (Å²) in [5, 5.41) is 0. The lowest BCUT2D eigenvalue weighted by Gasteiger charge is -2.36. The van der Waals surface area contributed by atoms with Gasteiger partial charge in [-0.15, -0.1) is 0 Å². The molecule has 3 heterocycles. The molecule has 0 radical (unpaired) electrons. The summed E-state index contributed by atoms with van der Waals surface area (Å²) < 4.78 is 0. The number of aryl methyl sites for hydroxylation is 2. The van der Waals surface area contributed by atoms with Crippen LogP contribution in [0, 0.1) is 25.7 Å². The number of carbonyl (C=O) groups is 2. The first-order chi connectivity index (χ1) is 12.3. The first-order valence-electron chi connectivity index (χ1n) is 9.47. The third-order valence-corrected chi connectivity index (χ3v) is 4.99. The summed E-state index contributed by atoms with van der Waals surface area (Å²) in [6.45, 7) is 12.2. The molecule has 1 atom stereocenters. The van der Waals surface area contributed by atoms with Gasteiger partial charge in [-0.25, -0.2) is 9.97 Å². The molecule has 1 unspecified atom stereocenters. The number of piperazine rings is 1. The van der Waals surface area contributed by atoms with E-state index in [2.05, 4.69) is 28.7 Å². The SMILES string of the molecule is Cc1cc(C)nc(N2CCN(C(=O)C3CC(=O)N(CC(C)C)C3)CC2)n1. The van der Waals surface area contributed by atoms with Gasteiger partial charge in [0.15, 0.2) is 0 Å². The zero-order chi connectivity index (χ0) is 18.8. The van der Waals surface area contributed by atoms with Crippen molar-refractivity contribution in [1.29, 1.82) is 0 Å². The van der Waals surface area contributed by atoms with Crippen molar-refractivity contribution < 1.29 is 9.59 Å². The van der Waals surface area contributed by atoms with Crippen LogP contribution in [0.15, 0.2) is 6.07 Å². The number of rotatable bonds is 4. The molecule has 1 aromatic rings. The first-order valence-corrected chi connectivity index (χ1v) is 9.47. The fraction of sp³-hybridized carbons (Fsp3) is 0.684. The molecule has 142 valence electrons. The summed E-state index contributed by atoms with van der Waals surface area (Å²) in [7, 11) is 0. The minimum absolute atomic E-state index is 0.110. The van der Waals surface area contributed by atoms with Crippen LogP contribution >= 0.6 is 0 Å². The molecule has 7 nitrogen and oxygen atoms in total. The third kappa shape index (κ3) is 4.14. The van der Waals surface area contributed by atoms with Crippen LogP contribution in [0.25, 0.3) is 0 Å². The third-order valence-electron chi connectivity index (χ3n) is 4.99. The molecule has 0 aromatic carbocycles. The quantitative estimate of drug-likeness (QED) is 0.809. The number of nitrogens with zero attached hydrogens (tertiary/aromatic N) is 5. The summed E-state index contributed by atoms with van der Waals surface area (Å²) >= 11 is 0. The van der Waals surface area contributed by atoms with Gasteiger partial charge in [0.25, 0.3) is 0 Å². The maximum absolute atomic E-state index is 12.8. The van der Waals surface area contributed by atoms with Gasteiger partial charge >= 0.3 is 0 Å². The molecule has 2 saturated heterocycles. The standard InChI is InChI=1S/C19H29N5O2/c1-13(2)11-24-12-16(10-17(24)25)18(26)22-5-7-23(8-6-22)19-20-14(3)9-15(4)21-19/h9,13,16H,5-8,10-12H2,1-4H3. The summed E-state index contributed by atoms with van der Waals surface area (Å²) in [5.74, 6) is 1.21. The van der Waals surface area contributed by atoms with Gasteiger partial charge in [-0.2, -0.15) is 0 Å². The topological polar surface area (TPSA) is 69.6 Å². The summed E-state index contributed by atoms with van der Waals surface area (Å²) in [4.78, 5) is 39.9. The largest absolute Gasteiger partial charge is 0.342 e. The van der Waals surface area contributed by atoms with E-state index in [1.54, 1.807) is 0 Å². The highest BCUT2D eigenvalue weighted by molar-refractivity contribution is 5.89. The summed E-state index contributed by atoms with van der Waals surface area (Å²) in [6, 6.07) is 1.96. The smallest absolute Gasteiger partial charge is 0.228 e. The number of carbonyl (C=O) groups excluding carboxylic acids is 2. The van der Waals surface area contributed by atoms with E-state index in [-0.39, 0.29) is 17.7 Å². The second-order valence-corrected chi connectivity index (χ2v) is 7.86. The van der Waals surface area contributed by atoms with Crippen LogP contribution in [-0.2, 0) is 9.59 Å². The predicted molar refractivity (Wildman–Crippen MR) is 99.8 cm³/mol. The van der Waals surface area contributed by atoms with Crippen molar-refractivity contribution in [3.05, 3.63) is 17.5 Å². The zero-order valence-electron chi connectivity index (χ0n) is 16.2. The molecule has 2 amide bonds. The van der Waals surface area contributed by atoms with Crippen molar-refractivity contribution in [1.82, 2.24) is 19.8 Å². The average molecular weight is 359 g/mol. The van der Waals surface area contributed by atoms with Crippen molar-refractivity contribution in [3.63, 3.8) is 0 Å². The number of hydrogen-bond acceptors (Lipinski definition) is 5. The lowest BCUT2D eigenvalue weighted by molar-refractivity contribution is -0.136. The fourth-order valence-corrected chi connectivity index (χ4v) is 3.79. The van der Waals surface area contributed by atoms with E-state index in [0.29, 0.717) is 32.0 Å². The highest BCUT2D eigenvalue weighted by atomic mass is 16.2. The van der Waals surface area contributed by atoms with E-state index in [1.165, 1.54) is 0 Å². The molecule has 7 heteroatoms. The Bertz CT molecular complexity index is 662. The Morgan fingerprint density at radius 2 is 1.77 bits per heavy atom. The Balaban J connectivity index is 1.56. The maximum Gasteiger partial charge on any atom is 0.228 e. The Hall–Kier alpha value is -2.18. The van der Waals surface area contributed by atoms with Gasteiger partial charge in [0.05, 0.1) is 5.92 Å². The molecule has 0 bridgehead atoms. The first kappa shape index (κ1) is 18.6. The Morgan fingerprint density at radius 3 is 2.35 bits per heavy atom. The van der Waals surface area contributed by atoms with Crippen LogP contribution in [0.4, 0.5) is 5.95 Å². The normalized spacial score (nSPS) is 21.0. The molecule has 2 aliphatic rings. The molecular formula is C19H29N5O2. The van der Waals surface area contributed by atoms with Crippen LogP contribution in [0.5, 0.6) is 0 Å². The average Bonchev–Trinajstić information content (AvgIpc) is 2.93. The molecule has 2 fully saturated rings. The molecule has 0 spiro atoms. The van der Waals surface area contributed by atoms with E-state index in [4.69, 9.17) is 0 Å². The Labute approximate surface area is 155 Å². The summed E-state index contributed by atoms with van der Waals surface area (Å²) in [6.07, 6.45) is 0.353. The van der Waals surface area contributed by atoms with Gasteiger partial charge in [0, 0.05) is 57.1 Å².